The van der Waals surface area contributed by atoms with E-state index >= 15 is 0 Å². The van der Waals surface area contributed by atoms with E-state index in [0.717, 1.165) is 6.07 Å². The smallest absolute Gasteiger partial charge is 0.243 e. The minimum absolute atomic E-state index is 0.0326. The molecule has 0 bridgehead atoms. The number of benzene rings is 1. The van der Waals surface area contributed by atoms with Gasteiger partial charge in [0.2, 0.25) is 10.0 Å². The van der Waals surface area contributed by atoms with Crippen molar-refractivity contribution in [3.05, 3.63) is 42.2 Å². The summed E-state index contributed by atoms with van der Waals surface area (Å²) < 4.78 is 45.0. The van der Waals surface area contributed by atoms with Crippen LogP contribution < -0.4 is 5.32 Å². The van der Waals surface area contributed by atoms with E-state index in [0.29, 0.717) is 12.1 Å². The van der Waals surface area contributed by atoms with Crippen LogP contribution in [0.3, 0.4) is 0 Å². The van der Waals surface area contributed by atoms with Gasteiger partial charge >= 0.3 is 0 Å². The fourth-order valence-corrected chi connectivity index (χ4v) is 3.52. The monoisotopic (exact) mass is 316 g/mol. The maximum atomic E-state index is 13.5. The molecule has 0 saturated heterocycles. The van der Waals surface area contributed by atoms with E-state index in [1.807, 2.05) is 0 Å². The first-order valence-electron chi connectivity index (χ1n) is 6.50. The average molecular weight is 316 g/mol. The molecule has 0 amide bonds. The Kier molecular flexibility index (Phi) is 6.97. The molecule has 1 rings (SSSR count). The van der Waals surface area contributed by atoms with Crippen molar-refractivity contribution in [1.29, 1.82) is 0 Å². The van der Waals surface area contributed by atoms with Crippen LogP contribution in [0, 0.1) is 5.82 Å². The third-order valence-electron chi connectivity index (χ3n) is 2.89. The second-order valence-corrected chi connectivity index (χ2v) is 6.33. The summed E-state index contributed by atoms with van der Waals surface area (Å²) in [5, 5.41) is 2.88. The molecule has 1 aromatic carbocycles. The van der Waals surface area contributed by atoms with E-state index in [-0.39, 0.29) is 24.6 Å². The van der Waals surface area contributed by atoms with Gasteiger partial charge in [0.1, 0.15) is 5.82 Å². The molecule has 118 valence electrons. The summed E-state index contributed by atoms with van der Waals surface area (Å²) in [6, 6.07) is 3.77. The highest BCUT2D eigenvalue weighted by Gasteiger charge is 2.26. The number of hydrogen-bond acceptors (Lipinski definition) is 4. The number of halogens is 1. The first kappa shape index (κ1) is 17.8. The minimum atomic E-state index is -3.81. The van der Waals surface area contributed by atoms with E-state index in [1.54, 1.807) is 7.05 Å². The Morgan fingerprint density at radius 1 is 1.48 bits per heavy atom. The van der Waals surface area contributed by atoms with Crippen molar-refractivity contribution >= 4 is 10.0 Å². The Labute approximate surface area is 125 Å². The number of nitrogens with one attached hydrogen (secondary N) is 1. The predicted molar refractivity (Wildman–Crippen MR) is 80.0 cm³/mol. The summed E-state index contributed by atoms with van der Waals surface area (Å²) in [5.41, 5.74) is 0.519. The van der Waals surface area contributed by atoms with Gasteiger partial charge in [-0.25, -0.2) is 12.8 Å². The van der Waals surface area contributed by atoms with Crippen LogP contribution in [0.15, 0.2) is 35.7 Å². The highest BCUT2D eigenvalue weighted by molar-refractivity contribution is 7.89. The maximum Gasteiger partial charge on any atom is 0.243 e. The molecule has 0 aromatic heterocycles. The molecule has 0 aliphatic rings. The lowest BCUT2D eigenvalue weighted by Crippen LogP contribution is -2.35. The first-order valence-corrected chi connectivity index (χ1v) is 7.94. The molecule has 0 unspecified atom stereocenters. The van der Waals surface area contributed by atoms with E-state index in [2.05, 4.69) is 11.9 Å². The van der Waals surface area contributed by atoms with Gasteiger partial charge in [-0.15, -0.1) is 6.58 Å². The Morgan fingerprint density at radius 2 is 2.19 bits per heavy atom. The summed E-state index contributed by atoms with van der Waals surface area (Å²) in [6.07, 6.45) is 1.49. The summed E-state index contributed by atoms with van der Waals surface area (Å²) in [4.78, 5) is -0.0326. The lowest BCUT2D eigenvalue weighted by atomic mass is 10.2. The zero-order valence-electron chi connectivity index (χ0n) is 12.3. The number of hydrogen-bond donors (Lipinski definition) is 1. The molecule has 1 N–H and O–H groups in total. The van der Waals surface area contributed by atoms with Gasteiger partial charge in [-0.2, -0.15) is 4.31 Å². The van der Waals surface area contributed by atoms with Crippen LogP contribution in [0.25, 0.3) is 0 Å². The lowest BCUT2D eigenvalue weighted by Gasteiger charge is -2.22. The van der Waals surface area contributed by atoms with Crippen LogP contribution in [0.2, 0.25) is 0 Å². The molecule has 0 aliphatic heterocycles. The molecule has 0 fully saturated rings. The molecular weight excluding hydrogens is 295 g/mol. The van der Waals surface area contributed by atoms with Crippen LogP contribution in [-0.2, 0) is 21.3 Å². The second kappa shape index (κ2) is 8.23. The SMILES string of the molecule is C=CCN(CCOC)S(=O)(=O)c1cc(F)ccc1CNC. The summed E-state index contributed by atoms with van der Waals surface area (Å²) in [6.45, 7) is 4.47. The Morgan fingerprint density at radius 3 is 2.76 bits per heavy atom. The fourth-order valence-electron chi connectivity index (χ4n) is 1.89. The largest absolute Gasteiger partial charge is 0.383 e. The van der Waals surface area contributed by atoms with Gasteiger partial charge in [0, 0.05) is 26.7 Å². The van der Waals surface area contributed by atoms with Crippen molar-refractivity contribution < 1.29 is 17.5 Å². The van der Waals surface area contributed by atoms with E-state index < -0.39 is 15.8 Å². The normalized spacial score (nSPS) is 11.8. The lowest BCUT2D eigenvalue weighted by molar-refractivity contribution is 0.182. The van der Waals surface area contributed by atoms with Crippen LogP contribution in [0.5, 0.6) is 0 Å². The second-order valence-electron chi connectivity index (χ2n) is 4.43. The van der Waals surface area contributed by atoms with Gasteiger partial charge in [0.25, 0.3) is 0 Å². The standard InChI is InChI=1S/C14H21FN2O3S/c1-4-7-17(8-9-20-3)21(18,19)14-10-13(15)6-5-12(14)11-16-2/h4-6,10,16H,1,7-9,11H2,2-3H3. The first-order chi connectivity index (χ1) is 9.97. The molecule has 0 atom stereocenters. The topological polar surface area (TPSA) is 58.6 Å². The van der Waals surface area contributed by atoms with E-state index in [1.165, 1.54) is 29.6 Å². The van der Waals surface area contributed by atoms with Gasteiger partial charge in [0.15, 0.2) is 0 Å². The fraction of sp³-hybridized carbons (Fsp3) is 0.429. The molecule has 0 aliphatic carbocycles. The van der Waals surface area contributed by atoms with Crippen molar-refractivity contribution in [1.82, 2.24) is 9.62 Å². The van der Waals surface area contributed by atoms with E-state index in [4.69, 9.17) is 4.74 Å². The quantitative estimate of drug-likeness (QED) is 0.699. The Hall–Kier alpha value is -1.28. The summed E-state index contributed by atoms with van der Waals surface area (Å²) >= 11 is 0. The van der Waals surface area contributed by atoms with Crippen molar-refractivity contribution in [2.45, 2.75) is 11.4 Å². The van der Waals surface area contributed by atoms with Crippen molar-refractivity contribution in [2.75, 3.05) is 33.9 Å². The van der Waals surface area contributed by atoms with Gasteiger partial charge in [0.05, 0.1) is 11.5 Å². The third kappa shape index (κ3) is 4.60. The van der Waals surface area contributed by atoms with Crippen LogP contribution >= 0.6 is 0 Å². The average Bonchev–Trinajstić information content (AvgIpc) is 2.45. The molecule has 5 nitrogen and oxygen atoms in total. The van der Waals surface area contributed by atoms with Crippen molar-refractivity contribution in [2.24, 2.45) is 0 Å². The highest BCUT2D eigenvalue weighted by atomic mass is 32.2. The molecule has 7 heteroatoms. The zero-order chi connectivity index (χ0) is 15.9. The van der Waals surface area contributed by atoms with Gasteiger partial charge in [-0.3, -0.25) is 0 Å². The van der Waals surface area contributed by atoms with Gasteiger partial charge < -0.3 is 10.1 Å². The number of sulfonamides is 1. The molecule has 0 radical (unpaired) electrons. The third-order valence-corrected chi connectivity index (χ3v) is 4.84. The van der Waals surface area contributed by atoms with Crippen LogP contribution in [0.4, 0.5) is 4.39 Å². The summed E-state index contributed by atoms with van der Waals surface area (Å²) in [5.74, 6) is -0.585. The molecule has 21 heavy (non-hydrogen) atoms. The number of rotatable bonds is 9. The molecule has 1 aromatic rings. The summed E-state index contributed by atoms with van der Waals surface area (Å²) in [7, 11) is -0.615. The molecular formula is C14H21FN2O3S. The maximum absolute atomic E-state index is 13.5. The minimum Gasteiger partial charge on any atom is -0.383 e. The highest BCUT2D eigenvalue weighted by Crippen LogP contribution is 2.21. The van der Waals surface area contributed by atoms with Gasteiger partial charge in [-0.05, 0) is 24.7 Å². The van der Waals surface area contributed by atoms with Crippen molar-refractivity contribution in [3.63, 3.8) is 0 Å². The van der Waals surface area contributed by atoms with E-state index in [9.17, 15) is 12.8 Å². The predicted octanol–water partition coefficient (Wildman–Crippen LogP) is 1.37. The molecule has 0 spiro atoms. The number of nitrogens with zero attached hydrogens (tertiary/aromatic N) is 1. The van der Waals surface area contributed by atoms with Crippen LogP contribution in [0.1, 0.15) is 5.56 Å². The number of ether oxygens (including phenoxy) is 1. The number of methoxy groups -OCH3 is 1. The Bertz CT molecular complexity index is 576. The zero-order valence-corrected chi connectivity index (χ0v) is 13.1. The van der Waals surface area contributed by atoms with Gasteiger partial charge in [-0.1, -0.05) is 12.1 Å². The van der Waals surface area contributed by atoms with Crippen molar-refractivity contribution in [3.8, 4) is 0 Å². The molecule has 0 saturated carbocycles. The molecule has 0 heterocycles. The Balaban J connectivity index is 3.25. The van der Waals surface area contributed by atoms with Crippen LogP contribution in [-0.4, -0.2) is 46.6 Å².